The van der Waals surface area contributed by atoms with Crippen LogP contribution in [0.5, 0.6) is 0 Å². The number of rotatable bonds is 6. The monoisotopic (exact) mass is 457 g/mol. The minimum absolute atomic E-state index is 0.0996. The highest BCUT2D eigenvalue weighted by Gasteiger charge is 2.29. The summed E-state index contributed by atoms with van der Waals surface area (Å²) in [5, 5.41) is 14.9. The van der Waals surface area contributed by atoms with Crippen molar-refractivity contribution < 1.29 is 14.0 Å². The molecule has 10 heteroatoms. The van der Waals surface area contributed by atoms with Crippen molar-refractivity contribution in [3.8, 4) is 0 Å². The van der Waals surface area contributed by atoms with Crippen LogP contribution < -0.4 is 15.5 Å². The van der Waals surface area contributed by atoms with Gasteiger partial charge in [0.1, 0.15) is 5.82 Å². The molecule has 1 atom stereocenters. The van der Waals surface area contributed by atoms with Crippen molar-refractivity contribution in [1.82, 2.24) is 10.2 Å². The number of hydrogen-bond donors (Lipinski definition) is 2. The molecule has 4 rings (SSSR count). The van der Waals surface area contributed by atoms with Gasteiger partial charge in [0.05, 0.1) is 17.1 Å². The molecule has 160 valence electrons. The van der Waals surface area contributed by atoms with Gasteiger partial charge in [0.15, 0.2) is 4.34 Å². The van der Waals surface area contributed by atoms with Crippen LogP contribution in [0, 0.1) is 5.82 Å². The molecule has 0 unspecified atom stereocenters. The summed E-state index contributed by atoms with van der Waals surface area (Å²) in [7, 11) is 0. The Morgan fingerprint density at radius 2 is 2.03 bits per heavy atom. The molecule has 1 aliphatic rings. The molecule has 2 aromatic carbocycles. The van der Waals surface area contributed by atoms with Crippen molar-refractivity contribution in [2.45, 2.75) is 30.3 Å². The lowest BCUT2D eigenvalue weighted by Crippen LogP contribution is -2.40. The summed E-state index contributed by atoms with van der Waals surface area (Å²) in [5.41, 5.74) is 2.27. The van der Waals surface area contributed by atoms with Crippen LogP contribution in [0.15, 0.2) is 52.9 Å². The standard InChI is InChI=1S/C21H20FN5O2S2/c1-13-10-18(28)24-16-4-2-3-5-17(16)27(13)19(29)12-30-21-26-25-20(31-21)23-11-14-6-8-15(22)9-7-14/h2-9,13H,10-12H2,1H3,(H,23,25)(H,24,28)/t13-/m1/s1. The molecule has 0 saturated carbocycles. The van der Waals surface area contributed by atoms with Crippen LogP contribution in [0.3, 0.4) is 0 Å². The number of thioether (sulfide) groups is 1. The maximum absolute atomic E-state index is 13.0. The topological polar surface area (TPSA) is 87.2 Å². The Bertz CT molecular complexity index is 1090. The smallest absolute Gasteiger partial charge is 0.237 e. The fourth-order valence-corrected chi connectivity index (χ4v) is 4.89. The quantitative estimate of drug-likeness (QED) is 0.541. The van der Waals surface area contributed by atoms with Crippen LogP contribution in [-0.4, -0.2) is 33.8 Å². The Labute approximate surface area is 187 Å². The zero-order valence-corrected chi connectivity index (χ0v) is 18.3. The molecule has 2 amide bonds. The van der Waals surface area contributed by atoms with E-state index in [4.69, 9.17) is 0 Å². The maximum atomic E-state index is 13.0. The molecule has 0 aliphatic carbocycles. The molecular formula is C21H20FN5O2S2. The molecule has 0 spiro atoms. The highest BCUT2D eigenvalue weighted by molar-refractivity contribution is 8.01. The third-order valence-corrected chi connectivity index (χ3v) is 6.71. The normalized spacial score (nSPS) is 15.7. The average Bonchev–Trinajstić information content (AvgIpc) is 3.16. The first-order chi connectivity index (χ1) is 15.0. The lowest BCUT2D eigenvalue weighted by Gasteiger charge is -2.27. The predicted octanol–water partition coefficient (Wildman–Crippen LogP) is 4.15. The zero-order chi connectivity index (χ0) is 21.8. The van der Waals surface area contributed by atoms with Gasteiger partial charge < -0.3 is 15.5 Å². The van der Waals surface area contributed by atoms with E-state index in [9.17, 15) is 14.0 Å². The Hall–Kier alpha value is -2.98. The van der Waals surface area contributed by atoms with E-state index in [1.165, 1.54) is 35.2 Å². The van der Waals surface area contributed by atoms with Gasteiger partial charge in [-0.2, -0.15) is 0 Å². The van der Waals surface area contributed by atoms with Gasteiger partial charge in [-0.25, -0.2) is 4.39 Å². The number of nitrogens with zero attached hydrogens (tertiary/aromatic N) is 3. The van der Waals surface area contributed by atoms with Crippen LogP contribution in [-0.2, 0) is 16.1 Å². The molecule has 2 heterocycles. The Kier molecular flexibility index (Phi) is 6.47. The number of carbonyl (C=O) groups excluding carboxylic acids is 2. The van der Waals surface area contributed by atoms with Gasteiger partial charge in [-0.3, -0.25) is 9.59 Å². The number of halogens is 1. The Morgan fingerprint density at radius 3 is 2.84 bits per heavy atom. The predicted molar refractivity (Wildman–Crippen MR) is 121 cm³/mol. The molecule has 31 heavy (non-hydrogen) atoms. The fourth-order valence-electron chi connectivity index (χ4n) is 3.28. The number of para-hydroxylation sites is 2. The molecular weight excluding hydrogens is 437 g/mol. The largest absolute Gasteiger partial charge is 0.356 e. The van der Waals surface area contributed by atoms with Crippen molar-refractivity contribution in [3.63, 3.8) is 0 Å². The summed E-state index contributed by atoms with van der Waals surface area (Å²) >= 11 is 2.66. The summed E-state index contributed by atoms with van der Waals surface area (Å²) in [4.78, 5) is 26.8. The van der Waals surface area contributed by atoms with Gasteiger partial charge in [0.25, 0.3) is 0 Å². The van der Waals surface area contributed by atoms with Gasteiger partial charge in [0, 0.05) is 19.0 Å². The Balaban J connectivity index is 1.37. The van der Waals surface area contributed by atoms with Crippen LogP contribution in [0.25, 0.3) is 0 Å². The maximum Gasteiger partial charge on any atom is 0.237 e. The zero-order valence-electron chi connectivity index (χ0n) is 16.7. The molecule has 3 aromatic rings. The highest BCUT2D eigenvalue weighted by Crippen LogP contribution is 2.33. The third kappa shape index (κ3) is 5.20. The van der Waals surface area contributed by atoms with Crippen LogP contribution in [0.4, 0.5) is 20.9 Å². The summed E-state index contributed by atoms with van der Waals surface area (Å²) < 4.78 is 13.7. The van der Waals surface area contributed by atoms with Crippen molar-refractivity contribution in [2.24, 2.45) is 0 Å². The number of carbonyl (C=O) groups is 2. The average molecular weight is 458 g/mol. The van der Waals surface area contributed by atoms with Crippen LogP contribution >= 0.6 is 23.1 Å². The first-order valence-electron chi connectivity index (χ1n) is 9.65. The highest BCUT2D eigenvalue weighted by atomic mass is 32.2. The second-order valence-corrected chi connectivity index (χ2v) is 9.22. The molecule has 7 nitrogen and oxygen atoms in total. The van der Waals surface area contributed by atoms with E-state index in [1.807, 2.05) is 25.1 Å². The van der Waals surface area contributed by atoms with Crippen molar-refractivity contribution in [1.29, 1.82) is 0 Å². The van der Waals surface area contributed by atoms with E-state index >= 15 is 0 Å². The van der Waals surface area contributed by atoms with E-state index in [1.54, 1.807) is 23.1 Å². The second kappa shape index (κ2) is 9.44. The van der Waals surface area contributed by atoms with E-state index in [-0.39, 0.29) is 35.8 Å². The van der Waals surface area contributed by atoms with Gasteiger partial charge in [-0.05, 0) is 36.8 Å². The summed E-state index contributed by atoms with van der Waals surface area (Å²) in [6.07, 6.45) is 0.237. The van der Waals surface area contributed by atoms with E-state index in [2.05, 4.69) is 20.8 Å². The van der Waals surface area contributed by atoms with E-state index in [0.29, 0.717) is 27.4 Å². The SMILES string of the molecule is C[C@@H]1CC(=O)Nc2ccccc2N1C(=O)CSc1nnc(NCc2ccc(F)cc2)s1. The van der Waals surface area contributed by atoms with Gasteiger partial charge in [-0.15, -0.1) is 10.2 Å². The molecule has 0 saturated heterocycles. The minimum Gasteiger partial charge on any atom is -0.356 e. The van der Waals surface area contributed by atoms with Crippen molar-refractivity contribution >= 4 is 51.4 Å². The summed E-state index contributed by atoms with van der Waals surface area (Å²) in [5.74, 6) is -0.301. The number of benzene rings is 2. The van der Waals surface area contributed by atoms with E-state index in [0.717, 1.165) is 5.56 Å². The molecule has 1 aromatic heterocycles. The van der Waals surface area contributed by atoms with Crippen molar-refractivity contribution in [3.05, 3.63) is 59.9 Å². The first kappa shape index (κ1) is 21.3. The summed E-state index contributed by atoms with van der Waals surface area (Å²) in [6, 6.07) is 13.3. The number of nitrogens with one attached hydrogen (secondary N) is 2. The van der Waals surface area contributed by atoms with Gasteiger partial charge >= 0.3 is 0 Å². The number of hydrogen-bond acceptors (Lipinski definition) is 7. The number of amides is 2. The number of anilines is 3. The van der Waals surface area contributed by atoms with Crippen LogP contribution in [0.1, 0.15) is 18.9 Å². The fraction of sp³-hybridized carbons (Fsp3) is 0.238. The first-order valence-corrected chi connectivity index (χ1v) is 11.5. The van der Waals surface area contributed by atoms with Crippen LogP contribution in [0.2, 0.25) is 0 Å². The number of aromatic nitrogens is 2. The molecule has 0 radical (unpaired) electrons. The molecule has 0 bridgehead atoms. The summed E-state index contributed by atoms with van der Waals surface area (Å²) in [6.45, 7) is 2.37. The van der Waals surface area contributed by atoms with Gasteiger partial charge in [0.2, 0.25) is 16.9 Å². The third-order valence-electron chi connectivity index (χ3n) is 4.71. The van der Waals surface area contributed by atoms with E-state index < -0.39 is 0 Å². The minimum atomic E-state index is -0.274. The second-order valence-electron chi connectivity index (χ2n) is 7.02. The Morgan fingerprint density at radius 1 is 1.26 bits per heavy atom. The number of fused-ring (bicyclic) bond motifs is 1. The lowest BCUT2D eigenvalue weighted by atomic mass is 10.2. The van der Waals surface area contributed by atoms with Gasteiger partial charge in [-0.1, -0.05) is 47.4 Å². The molecule has 2 N–H and O–H groups in total. The lowest BCUT2D eigenvalue weighted by molar-refractivity contribution is -0.117. The molecule has 0 fully saturated rings. The van der Waals surface area contributed by atoms with Crippen molar-refractivity contribution in [2.75, 3.05) is 21.3 Å². The molecule has 1 aliphatic heterocycles.